The molecule has 0 radical (unpaired) electrons. The summed E-state index contributed by atoms with van der Waals surface area (Å²) in [6.07, 6.45) is 1.25. The number of aliphatic hydroxyl groups excluding tert-OH is 1. The van der Waals surface area contributed by atoms with Gasteiger partial charge in [0.1, 0.15) is 11.1 Å². The molecule has 2 aromatic rings. The van der Waals surface area contributed by atoms with Crippen LogP contribution in [-0.4, -0.2) is 62.6 Å². The number of amides is 1. The molecular weight excluding hydrogens is 358 g/mol. The maximum atomic E-state index is 12.3. The molecule has 0 aliphatic carbocycles. The largest absolute Gasteiger partial charge is 0.444 e. The molecule has 26 heavy (non-hydrogen) atoms. The molecule has 2 N–H and O–H groups in total. The number of carbonyl (C=O) groups excluding carboxylic acids is 1. The lowest BCUT2D eigenvalue weighted by Crippen LogP contribution is -2.36. The number of ether oxygens (including phenoxy) is 1. The van der Waals surface area contributed by atoms with Crippen molar-refractivity contribution >= 4 is 34.4 Å². The van der Waals surface area contributed by atoms with Crippen molar-refractivity contribution in [2.24, 2.45) is 5.92 Å². The van der Waals surface area contributed by atoms with Crippen molar-refractivity contribution in [1.82, 2.24) is 20.1 Å². The third-order valence-electron chi connectivity index (χ3n) is 4.14. The number of likely N-dealkylation sites (tertiary alicyclic amines) is 1. The molecule has 2 atom stereocenters. The summed E-state index contributed by atoms with van der Waals surface area (Å²) in [5.74, 6) is 0.318. The fourth-order valence-corrected chi connectivity index (χ4v) is 3.11. The highest BCUT2D eigenvalue weighted by atomic mass is 35.5. The Hall–Kier alpha value is -2.19. The van der Waals surface area contributed by atoms with Crippen molar-refractivity contribution in [3.8, 4) is 0 Å². The number of nitrogens with zero attached hydrogens (tertiary/aromatic N) is 4. The Balaban J connectivity index is 1.79. The molecule has 0 spiro atoms. The summed E-state index contributed by atoms with van der Waals surface area (Å²) in [6.45, 7) is 6.18. The number of anilines is 1. The number of hydrogen-bond acceptors (Lipinski definition) is 7. The lowest BCUT2D eigenvalue weighted by molar-refractivity contribution is 0.0283. The summed E-state index contributed by atoms with van der Waals surface area (Å²) in [4.78, 5) is 18.2. The fraction of sp³-hybridized carbons (Fsp3) is 0.529. The monoisotopic (exact) mass is 379 g/mol. The second kappa shape index (κ2) is 7.20. The summed E-state index contributed by atoms with van der Waals surface area (Å²) >= 11 is 6.08. The van der Waals surface area contributed by atoms with Gasteiger partial charge in [-0.3, -0.25) is 4.98 Å². The van der Waals surface area contributed by atoms with Crippen molar-refractivity contribution in [3.63, 3.8) is 0 Å². The molecule has 0 saturated carbocycles. The van der Waals surface area contributed by atoms with Gasteiger partial charge in [0.2, 0.25) is 0 Å². The summed E-state index contributed by atoms with van der Waals surface area (Å²) in [5.41, 5.74) is 0.0268. The number of nitrogens with one attached hydrogen (secondary N) is 1. The Morgan fingerprint density at radius 1 is 1.42 bits per heavy atom. The highest BCUT2D eigenvalue weighted by Gasteiger charge is 2.37. The molecule has 1 amide bonds. The zero-order chi connectivity index (χ0) is 18.9. The molecule has 1 aliphatic rings. The Morgan fingerprint density at radius 2 is 2.19 bits per heavy atom. The Bertz CT molecular complexity index is 811. The van der Waals surface area contributed by atoms with Crippen LogP contribution < -0.4 is 5.32 Å². The standard InChI is InChI=1S/C17H22ClN5O3/c1-17(2,3)26-16(25)23-7-10(9-24)12(8-23)20-15-13-11(5-4-6-19-13)14(18)21-22-15/h4-6,10,12,24H,7-9H2,1-3H3,(H,20,22)/t10-,12+/m0/s1. The molecule has 9 heteroatoms. The van der Waals surface area contributed by atoms with Gasteiger partial charge < -0.3 is 20.1 Å². The predicted octanol–water partition coefficient (Wildman–Crippen LogP) is 2.32. The molecule has 1 fully saturated rings. The number of hydrogen-bond donors (Lipinski definition) is 2. The average molecular weight is 380 g/mol. The smallest absolute Gasteiger partial charge is 0.410 e. The number of fused-ring (bicyclic) bond motifs is 1. The summed E-state index contributed by atoms with van der Waals surface area (Å²) in [6, 6.07) is 3.39. The lowest BCUT2D eigenvalue weighted by atomic mass is 10.1. The van der Waals surface area contributed by atoms with Crippen LogP contribution in [0.4, 0.5) is 10.6 Å². The molecule has 3 heterocycles. The van der Waals surface area contributed by atoms with Crippen molar-refractivity contribution in [2.75, 3.05) is 25.0 Å². The van der Waals surface area contributed by atoms with Crippen LogP contribution in [0.2, 0.25) is 5.15 Å². The zero-order valence-corrected chi connectivity index (χ0v) is 15.7. The molecule has 0 aromatic carbocycles. The van der Waals surface area contributed by atoms with Gasteiger partial charge in [0.15, 0.2) is 11.0 Å². The Morgan fingerprint density at radius 3 is 2.88 bits per heavy atom. The first-order valence-corrected chi connectivity index (χ1v) is 8.78. The van der Waals surface area contributed by atoms with Gasteiger partial charge >= 0.3 is 6.09 Å². The molecule has 1 saturated heterocycles. The molecule has 2 aromatic heterocycles. The van der Waals surface area contributed by atoms with Gasteiger partial charge in [-0.1, -0.05) is 11.6 Å². The van der Waals surface area contributed by atoms with E-state index in [0.717, 1.165) is 0 Å². The minimum Gasteiger partial charge on any atom is -0.444 e. The van der Waals surface area contributed by atoms with Crippen LogP contribution in [0.3, 0.4) is 0 Å². The lowest BCUT2D eigenvalue weighted by Gasteiger charge is -2.24. The van der Waals surface area contributed by atoms with Crippen LogP contribution in [-0.2, 0) is 4.74 Å². The second-order valence-electron chi connectivity index (χ2n) is 7.32. The summed E-state index contributed by atoms with van der Waals surface area (Å²) < 4.78 is 5.42. The topological polar surface area (TPSA) is 100 Å². The quantitative estimate of drug-likeness (QED) is 0.843. The van der Waals surface area contributed by atoms with Crippen LogP contribution in [0.15, 0.2) is 18.3 Å². The molecule has 0 bridgehead atoms. The summed E-state index contributed by atoms with van der Waals surface area (Å²) in [5, 5.41) is 22.0. The molecule has 1 aliphatic heterocycles. The number of aliphatic hydroxyl groups is 1. The Kier molecular flexibility index (Phi) is 5.15. The number of aromatic nitrogens is 3. The summed E-state index contributed by atoms with van der Waals surface area (Å²) in [7, 11) is 0. The highest BCUT2D eigenvalue weighted by molar-refractivity contribution is 6.34. The second-order valence-corrected chi connectivity index (χ2v) is 7.68. The van der Waals surface area contributed by atoms with Gasteiger partial charge in [0.05, 0.1) is 6.04 Å². The maximum Gasteiger partial charge on any atom is 0.410 e. The minimum atomic E-state index is -0.570. The number of pyridine rings is 1. The number of rotatable bonds is 3. The third kappa shape index (κ3) is 3.96. The first-order chi connectivity index (χ1) is 12.3. The molecule has 140 valence electrons. The van der Waals surface area contributed by atoms with E-state index in [1.54, 1.807) is 17.2 Å². The van der Waals surface area contributed by atoms with E-state index < -0.39 is 11.7 Å². The van der Waals surface area contributed by atoms with E-state index in [0.29, 0.717) is 29.8 Å². The highest BCUT2D eigenvalue weighted by Crippen LogP contribution is 2.27. The number of carbonyl (C=O) groups is 1. The molecule has 3 rings (SSSR count). The van der Waals surface area contributed by atoms with E-state index in [1.165, 1.54) is 0 Å². The van der Waals surface area contributed by atoms with E-state index in [1.807, 2.05) is 26.8 Å². The van der Waals surface area contributed by atoms with Crippen molar-refractivity contribution in [2.45, 2.75) is 32.4 Å². The number of halogens is 1. The van der Waals surface area contributed by atoms with Crippen LogP contribution in [0.25, 0.3) is 10.9 Å². The molecular formula is C17H22ClN5O3. The molecule has 0 unspecified atom stereocenters. The maximum absolute atomic E-state index is 12.3. The van der Waals surface area contributed by atoms with Gasteiger partial charge in [-0.2, -0.15) is 0 Å². The third-order valence-corrected chi connectivity index (χ3v) is 4.42. The van der Waals surface area contributed by atoms with Gasteiger partial charge in [0, 0.05) is 37.2 Å². The minimum absolute atomic E-state index is 0.0661. The van der Waals surface area contributed by atoms with E-state index in [9.17, 15) is 9.90 Å². The van der Waals surface area contributed by atoms with Crippen LogP contribution in [0.5, 0.6) is 0 Å². The Labute approximate surface area is 156 Å². The van der Waals surface area contributed by atoms with Crippen LogP contribution in [0.1, 0.15) is 20.8 Å². The predicted molar refractivity (Wildman–Crippen MR) is 98.1 cm³/mol. The van der Waals surface area contributed by atoms with E-state index in [4.69, 9.17) is 16.3 Å². The van der Waals surface area contributed by atoms with Gasteiger partial charge in [-0.15, -0.1) is 10.2 Å². The van der Waals surface area contributed by atoms with E-state index in [-0.39, 0.29) is 23.7 Å². The van der Waals surface area contributed by atoms with Gasteiger partial charge in [-0.25, -0.2) is 4.79 Å². The first-order valence-electron chi connectivity index (χ1n) is 8.40. The van der Waals surface area contributed by atoms with Gasteiger partial charge in [-0.05, 0) is 32.9 Å². The van der Waals surface area contributed by atoms with Crippen molar-refractivity contribution in [3.05, 3.63) is 23.5 Å². The van der Waals surface area contributed by atoms with Gasteiger partial charge in [0.25, 0.3) is 0 Å². The average Bonchev–Trinajstić information content (AvgIpc) is 2.99. The SMILES string of the molecule is CC(C)(C)OC(=O)N1C[C@@H](CO)[C@H](Nc2nnc(Cl)c3cccnc23)C1. The zero-order valence-electron chi connectivity index (χ0n) is 14.9. The fourth-order valence-electron chi connectivity index (χ4n) is 2.92. The van der Waals surface area contributed by atoms with E-state index in [2.05, 4.69) is 20.5 Å². The van der Waals surface area contributed by atoms with Crippen LogP contribution >= 0.6 is 11.6 Å². The van der Waals surface area contributed by atoms with Crippen molar-refractivity contribution < 1.29 is 14.6 Å². The van der Waals surface area contributed by atoms with Crippen molar-refractivity contribution in [1.29, 1.82) is 0 Å². The normalized spacial score (nSPS) is 20.4. The van der Waals surface area contributed by atoms with E-state index >= 15 is 0 Å². The van der Waals surface area contributed by atoms with Crippen LogP contribution in [0, 0.1) is 5.92 Å². The first kappa shape index (κ1) is 18.6. The molecule has 8 nitrogen and oxygen atoms in total.